The number of furan rings is 1. The average Bonchev–Trinajstić information content (AvgIpc) is 2.87. The normalized spacial score (nSPS) is 12.3. The van der Waals surface area contributed by atoms with E-state index in [1.54, 1.807) is 0 Å². The predicted octanol–water partition coefficient (Wildman–Crippen LogP) is 2.94. The van der Waals surface area contributed by atoms with Crippen LogP contribution < -0.4 is 0 Å². The molecule has 0 spiro atoms. The van der Waals surface area contributed by atoms with Gasteiger partial charge in [0.2, 0.25) is 14.9 Å². The van der Waals surface area contributed by atoms with Crippen molar-refractivity contribution in [3.63, 3.8) is 0 Å². The monoisotopic (exact) mass is 304 g/mol. The van der Waals surface area contributed by atoms with Crippen molar-refractivity contribution in [3.8, 4) is 0 Å². The van der Waals surface area contributed by atoms with Crippen LogP contribution in [-0.2, 0) is 16.0 Å². The van der Waals surface area contributed by atoms with Gasteiger partial charge in [-0.1, -0.05) is 12.1 Å². The summed E-state index contributed by atoms with van der Waals surface area (Å²) >= 11 is 0. The molecule has 0 radical (unpaired) electrons. The second-order valence-corrected chi connectivity index (χ2v) is 5.62. The largest absolute Gasteiger partial charge is 0.442 e. The third kappa shape index (κ3) is 2.46. The SMILES string of the molecule is O=Cc1ccc(S(=O)(=O)c2ccccc2C(F)(F)F)o1. The van der Waals surface area contributed by atoms with E-state index >= 15 is 0 Å². The van der Waals surface area contributed by atoms with E-state index in [0.717, 1.165) is 24.3 Å². The van der Waals surface area contributed by atoms with E-state index in [4.69, 9.17) is 4.42 Å². The van der Waals surface area contributed by atoms with Gasteiger partial charge in [-0.2, -0.15) is 13.2 Å². The van der Waals surface area contributed by atoms with Crippen molar-refractivity contribution in [1.29, 1.82) is 0 Å². The minimum atomic E-state index is -4.82. The van der Waals surface area contributed by atoms with Gasteiger partial charge in [0.1, 0.15) is 0 Å². The summed E-state index contributed by atoms with van der Waals surface area (Å²) in [5.41, 5.74) is -1.29. The zero-order chi connectivity index (χ0) is 15.0. The number of aldehydes is 1. The Morgan fingerprint density at radius 3 is 2.25 bits per heavy atom. The van der Waals surface area contributed by atoms with E-state index in [1.807, 2.05) is 0 Å². The predicted molar refractivity (Wildman–Crippen MR) is 61.0 cm³/mol. The van der Waals surface area contributed by atoms with Crippen molar-refractivity contribution >= 4 is 16.1 Å². The first-order valence-electron chi connectivity index (χ1n) is 5.23. The van der Waals surface area contributed by atoms with Crippen molar-refractivity contribution in [2.24, 2.45) is 0 Å². The van der Waals surface area contributed by atoms with Gasteiger partial charge in [0.05, 0.1) is 10.5 Å². The minimum absolute atomic E-state index is 0.259. The lowest BCUT2D eigenvalue weighted by Gasteiger charge is -2.11. The van der Waals surface area contributed by atoms with Crippen LogP contribution in [0.1, 0.15) is 16.1 Å². The summed E-state index contributed by atoms with van der Waals surface area (Å²) in [4.78, 5) is 9.52. The number of hydrogen-bond acceptors (Lipinski definition) is 4. The van der Waals surface area contributed by atoms with E-state index < -0.39 is 31.6 Å². The summed E-state index contributed by atoms with van der Waals surface area (Å²) < 4.78 is 67.4. The molecular weight excluding hydrogens is 297 g/mol. The highest BCUT2D eigenvalue weighted by Gasteiger charge is 2.38. The lowest BCUT2D eigenvalue weighted by atomic mass is 10.2. The molecule has 1 heterocycles. The van der Waals surface area contributed by atoms with Crippen LogP contribution in [0.5, 0.6) is 0 Å². The van der Waals surface area contributed by atoms with Crippen LogP contribution in [0.15, 0.2) is 50.8 Å². The topological polar surface area (TPSA) is 64.3 Å². The Bertz CT molecular complexity index is 744. The van der Waals surface area contributed by atoms with Gasteiger partial charge in [0.25, 0.3) is 0 Å². The molecule has 4 nitrogen and oxygen atoms in total. The van der Waals surface area contributed by atoms with Crippen LogP contribution in [0.4, 0.5) is 13.2 Å². The highest BCUT2D eigenvalue weighted by Crippen LogP contribution is 2.36. The van der Waals surface area contributed by atoms with E-state index in [-0.39, 0.29) is 12.0 Å². The Morgan fingerprint density at radius 1 is 1.05 bits per heavy atom. The molecule has 8 heteroatoms. The maximum Gasteiger partial charge on any atom is 0.417 e. The van der Waals surface area contributed by atoms with Gasteiger partial charge >= 0.3 is 6.18 Å². The summed E-state index contributed by atoms with van der Waals surface area (Å²) in [5.74, 6) is -0.284. The molecule has 0 saturated carbocycles. The summed E-state index contributed by atoms with van der Waals surface area (Å²) in [6, 6.07) is 5.76. The first-order valence-corrected chi connectivity index (χ1v) is 6.71. The Balaban J connectivity index is 2.64. The molecule has 0 N–H and O–H groups in total. The standard InChI is InChI=1S/C12H7F3O4S/c13-12(14,15)9-3-1-2-4-10(9)20(17,18)11-6-5-8(7-16)19-11/h1-7H. The summed E-state index contributed by atoms with van der Waals surface area (Å²) in [7, 11) is -4.49. The molecule has 0 aliphatic heterocycles. The average molecular weight is 304 g/mol. The maximum atomic E-state index is 12.8. The molecule has 0 fully saturated rings. The Labute approximate surface area is 111 Å². The minimum Gasteiger partial charge on any atom is -0.442 e. The number of carbonyl (C=O) groups is 1. The van der Waals surface area contributed by atoms with E-state index in [0.29, 0.717) is 6.07 Å². The van der Waals surface area contributed by atoms with Crippen LogP contribution >= 0.6 is 0 Å². The first kappa shape index (κ1) is 14.3. The zero-order valence-electron chi connectivity index (χ0n) is 9.72. The third-order valence-corrected chi connectivity index (χ3v) is 4.15. The number of benzene rings is 1. The lowest BCUT2D eigenvalue weighted by molar-refractivity contribution is -0.139. The molecular formula is C12H7F3O4S. The van der Waals surface area contributed by atoms with Crippen molar-refractivity contribution in [1.82, 2.24) is 0 Å². The van der Waals surface area contributed by atoms with Gasteiger partial charge in [0, 0.05) is 0 Å². The number of alkyl halides is 3. The molecule has 20 heavy (non-hydrogen) atoms. The van der Waals surface area contributed by atoms with Crippen LogP contribution in [0, 0.1) is 0 Å². The second-order valence-electron chi connectivity index (χ2n) is 3.77. The van der Waals surface area contributed by atoms with Crippen LogP contribution in [-0.4, -0.2) is 14.7 Å². The molecule has 0 unspecified atom stereocenters. The molecule has 0 atom stereocenters. The molecule has 106 valence electrons. The highest BCUT2D eigenvalue weighted by atomic mass is 32.2. The molecule has 0 bridgehead atoms. The van der Waals surface area contributed by atoms with Gasteiger partial charge in [-0.05, 0) is 24.3 Å². The van der Waals surface area contributed by atoms with Gasteiger partial charge in [-0.15, -0.1) is 0 Å². The smallest absolute Gasteiger partial charge is 0.417 e. The maximum absolute atomic E-state index is 12.8. The number of sulfone groups is 1. The van der Waals surface area contributed by atoms with Crippen LogP contribution in [0.25, 0.3) is 0 Å². The Morgan fingerprint density at radius 2 is 1.70 bits per heavy atom. The van der Waals surface area contributed by atoms with Crippen LogP contribution in [0.2, 0.25) is 0 Å². The van der Waals surface area contributed by atoms with E-state index in [1.165, 1.54) is 6.07 Å². The fourth-order valence-electron chi connectivity index (χ4n) is 1.59. The van der Waals surface area contributed by atoms with Gasteiger partial charge < -0.3 is 4.42 Å². The lowest BCUT2D eigenvalue weighted by Crippen LogP contribution is -2.13. The van der Waals surface area contributed by atoms with Gasteiger partial charge in [0.15, 0.2) is 12.0 Å². The molecule has 1 aromatic heterocycles. The first-order chi connectivity index (χ1) is 9.26. The van der Waals surface area contributed by atoms with Crippen molar-refractivity contribution in [2.45, 2.75) is 16.2 Å². The molecule has 0 amide bonds. The molecule has 2 rings (SSSR count). The molecule has 2 aromatic rings. The number of carbonyl (C=O) groups excluding carboxylic acids is 1. The fraction of sp³-hybridized carbons (Fsp3) is 0.0833. The van der Waals surface area contributed by atoms with Crippen molar-refractivity contribution in [2.75, 3.05) is 0 Å². The van der Waals surface area contributed by atoms with Crippen molar-refractivity contribution < 1.29 is 30.8 Å². The van der Waals surface area contributed by atoms with Gasteiger partial charge in [-0.25, -0.2) is 8.42 Å². The second kappa shape index (κ2) is 4.78. The summed E-state index contributed by atoms with van der Waals surface area (Å²) in [6.45, 7) is 0. The third-order valence-electron chi connectivity index (χ3n) is 2.47. The summed E-state index contributed by atoms with van der Waals surface area (Å²) in [6.07, 6.45) is -4.56. The molecule has 1 aromatic carbocycles. The zero-order valence-corrected chi connectivity index (χ0v) is 10.5. The number of halogens is 3. The highest BCUT2D eigenvalue weighted by molar-refractivity contribution is 7.91. The molecule has 0 aliphatic carbocycles. The van der Waals surface area contributed by atoms with Crippen LogP contribution in [0.3, 0.4) is 0 Å². The number of rotatable bonds is 3. The molecule has 0 saturated heterocycles. The Hall–Kier alpha value is -2.09. The summed E-state index contributed by atoms with van der Waals surface area (Å²) in [5, 5.41) is -0.712. The molecule has 0 aliphatic rings. The van der Waals surface area contributed by atoms with Crippen molar-refractivity contribution in [3.05, 3.63) is 47.7 Å². The quantitative estimate of drug-likeness (QED) is 0.818. The van der Waals surface area contributed by atoms with E-state index in [2.05, 4.69) is 0 Å². The fourth-order valence-corrected chi connectivity index (χ4v) is 2.99. The van der Waals surface area contributed by atoms with E-state index in [9.17, 15) is 26.4 Å². The van der Waals surface area contributed by atoms with Gasteiger partial charge in [-0.3, -0.25) is 4.79 Å². The Kier molecular flexibility index (Phi) is 3.43. The number of hydrogen-bond donors (Lipinski definition) is 0.